The molecular weight excluding hydrogens is 308 g/mol. The van der Waals surface area contributed by atoms with Crippen molar-refractivity contribution in [2.24, 2.45) is 5.73 Å². The molecule has 0 radical (unpaired) electrons. The number of hydrogen-bond donors (Lipinski definition) is 2. The van der Waals surface area contributed by atoms with E-state index in [4.69, 9.17) is 5.73 Å². The molecule has 1 amide bonds. The third kappa shape index (κ3) is 4.38. The van der Waals surface area contributed by atoms with Crippen molar-refractivity contribution in [1.82, 2.24) is 0 Å². The quantitative estimate of drug-likeness (QED) is 0.850. The molecule has 0 spiro atoms. The Balaban J connectivity index is 1.93. The molecule has 0 saturated heterocycles. The van der Waals surface area contributed by atoms with Gasteiger partial charge in [0.2, 0.25) is 5.91 Å². The number of benzene rings is 1. The van der Waals surface area contributed by atoms with Gasteiger partial charge in [-0.15, -0.1) is 11.3 Å². The second-order valence-electron chi connectivity index (χ2n) is 4.45. The maximum absolute atomic E-state index is 12.0. The predicted molar refractivity (Wildman–Crippen MR) is 84.0 cm³/mol. The third-order valence-electron chi connectivity index (χ3n) is 2.85. The first-order valence-corrected chi connectivity index (χ1v) is 8.89. The summed E-state index contributed by atoms with van der Waals surface area (Å²) in [5.74, 6) is -0.528. The zero-order valence-corrected chi connectivity index (χ0v) is 12.9. The third-order valence-corrected chi connectivity index (χ3v) is 6.05. The van der Waals surface area contributed by atoms with Gasteiger partial charge in [0, 0.05) is 18.7 Å². The summed E-state index contributed by atoms with van der Waals surface area (Å²) in [6.45, 7) is 0.385. The van der Waals surface area contributed by atoms with E-state index in [1.54, 1.807) is 35.7 Å². The number of nitrogens with two attached hydrogens (primary N) is 1. The van der Waals surface area contributed by atoms with Crippen molar-refractivity contribution in [3.8, 4) is 0 Å². The van der Waals surface area contributed by atoms with Crippen LogP contribution in [-0.4, -0.2) is 20.1 Å². The lowest BCUT2D eigenvalue weighted by atomic mass is 10.2. The molecule has 0 bridgehead atoms. The molecule has 1 aromatic heterocycles. The largest absolute Gasteiger partial charge is 0.326 e. The summed E-state index contributed by atoms with van der Waals surface area (Å²) >= 11 is 1.16. The summed E-state index contributed by atoms with van der Waals surface area (Å²) in [7, 11) is -3.38. The van der Waals surface area contributed by atoms with Crippen LogP contribution in [0.25, 0.3) is 0 Å². The molecular formula is C14H16N2O3S2. The SMILES string of the molecule is NCc1cccc(NC(=O)CCS(=O)(=O)c2cccs2)c1. The van der Waals surface area contributed by atoms with Gasteiger partial charge in [-0.3, -0.25) is 4.79 Å². The monoisotopic (exact) mass is 324 g/mol. The summed E-state index contributed by atoms with van der Waals surface area (Å²) in [4.78, 5) is 11.8. The van der Waals surface area contributed by atoms with Gasteiger partial charge in [-0.05, 0) is 29.1 Å². The van der Waals surface area contributed by atoms with E-state index in [1.807, 2.05) is 6.07 Å². The summed E-state index contributed by atoms with van der Waals surface area (Å²) in [6, 6.07) is 10.4. The van der Waals surface area contributed by atoms with Crippen molar-refractivity contribution >= 4 is 32.8 Å². The molecule has 0 atom stereocenters. The number of carbonyl (C=O) groups is 1. The van der Waals surface area contributed by atoms with Crippen molar-refractivity contribution in [2.45, 2.75) is 17.2 Å². The summed E-state index contributed by atoms with van der Waals surface area (Å²) in [6.07, 6.45) is -0.0763. The first kappa shape index (κ1) is 15.7. The first-order valence-electron chi connectivity index (χ1n) is 6.36. The van der Waals surface area contributed by atoms with Gasteiger partial charge < -0.3 is 11.1 Å². The molecule has 112 valence electrons. The average Bonchev–Trinajstić information content (AvgIpc) is 3.00. The number of thiophene rings is 1. The standard InChI is InChI=1S/C14H16N2O3S2/c15-10-11-3-1-4-12(9-11)16-13(17)6-8-21(18,19)14-5-2-7-20-14/h1-5,7,9H,6,8,10,15H2,(H,16,17). The Labute approximate surface area is 127 Å². The summed E-state index contributed by atoms with van der Waals surface area (Å²) in [5, 5.41) is 4.38. The Hall–Kier alpha value is -1.70. The van der Waals surface area contributed by atoms with E-state index < -0.39 is 9.84 Å². The van der Waals surface area contributed by atoms with Gasteiger partial charge in [0.05, 0.1) is 5.75 Å². The van der Waals surface area contributed by atoms with Crippen LogP contribution in [-0.2, 0) is 21.2 Å². The second-order valence-corrected chi connectivity index (χ2v) is 7.74. The number of anilines is 1. The van der Waals surface area contributed by atoms with Gasteiger partial charge in [0.15, 0.2) is 9.84 Å². The van der Waals surface area contributed by atoms with Crippen LogP contribution in [0.1, 0.15) is 12.0 Å². The lowest BCUT2D eigenvalue weighted by Crippen LogP contribution is -2.17. The van der Waals surface area contributed by atoms with Gasteiger partial charge >= 0.3 is 0 Å². The van der Waals surface area contributed by atoms with Crippen molar-refractivity contribution in [3.05, 3.63) is 47.3 Å². The number of nitrogens with one attached hydrogen (secondary N) is 1. The van der Waals surface area contributed by atoms with E-state index in [-0.39, 0.29) is 18.1 Å². The molecule has 0 saturated carbocycles. The molecule has 21 heavy (non-hydrogen) atoms. The summed E-state index contributed by atoms with van der Waals surface area (Å²) < 4.78 is 24.2. The van der Waals surface area contributed by atoms with E-state index in [2.05, 4.69) is 5.32 Å². The van der Waals surface area contributed by atoms with Crippen LogP contribution >= 0.6 is 11.3 Å². The van der Waals surface area contributed by atoms with E-state index in [0.29, 0.717) is 16.4 Å². The van der Waals surface area contributed by atoms with Gasteiger partial charge in [0.1, 0.15) is 4.21 Å². The van der Waals surface area contributed by atoms with Crippen LogP contribution in [0.3, 0.4) is 0 Å². The highest BCUT2D eigenvalue weighted by atomic mass is 32.2. The fourth-order valence-corrected chi connectivity index (χ4v) is 4.16. The highest BCUT2D eigenvalue weighted by Gasteiger charge is 2.17. The van der Waals surface area contributed by atoms with Crippen LogP contribution in [0.15, 0.2) is 46.0 Å². The highest BCUT2D eigenvalue weighted by molar-refractivity contribution is 7.93. The van der Waals surface area contributed by atoms with E-state index in [0.717, 1.165) is 16.9 Å². The number of carbonyl (C=O) groups excluding carboxylic acids is 1. The van der Waals surface area contributed by atoms with Crippen LogP contribution in [0.5, 0.6) is 0 Å². The van der Waals surface area contributed by atoms with Crippen molar-refractivity contribution < 1.29 is 13.2 Å². The minimum atomic E-state index is -3.38. The van der Waals surface area contributed by atoms with Crippen molar-refractivity contribution in [2.75, 3.05) is 11.1 Å². The molecule has 2 rings (SSSR count). The van der Waals surface area contributed by atoms with Gasteiger partial charge in [-0.2, -0.15) is 0 Å². The van der Waals surface area contributed by atoms with Crippen LogP contribution in [0.4, 0.5) is 5.69 Å². The van der Waals surface area contributed by atoms with E-state index in [1.165, 1.54) is 0 Å². The molecule has 3 N–H and O–H groups in total. The zero-order chi connectivity index (χ0) is 15.3. The molecule has 5 nitrogen and oxygen atoms in total. The Morgan fingerprint density at radius 1 is 1.24 bits per heavy atom. The minimum absolute atomic E-state index is 0.0763. The zero-order valence-electron chi connectivity index (χ0n) is 11.3. The predicted octanol–water partition coefficient (Wildman–Crippen LogP) is 2.01. The Morgan fingerprint density at radius 3 is 2.71 bits per heavy atom. The molecule has 1 heterocycles. The molecule has 0 unspecified atom stereocenters. The number of amides is 1. The first-order chi connectivity index (χ1) is 10.0. The van der Waals surface area contributed by atoms with Gasteiger partial charge in [-0.25, -0.2) is 8.42 Å². The Morgan fingerprint density at radius 2 is 2.05 bits per heavy atom. The minimum Gasteiger partial charge on any atom is -0.326 e. The number of sulfone groups is 1. The van der Waals surface area contributed by atoms with Crippen LogP contribution in [0, 0.1) is 0 Å². The second kappa shape index (κ2) is 6.84. The molecule has 0 aliphatic carbocycles. The molecule has 0 aliphatic rings. The van der Waals surface area contributed by atoms with E-state index >= 15 is 0 Å². The molecule has 7 heteroatoms. The number of hydrogen-bond acceptors (Lipinski definition) is 5. The van der Waals surface area contributed by atoms with Gasteiger partial charge in [0.25, 0.3) is 0 Å². The van der Waals surface area contributed by atoms with Crippen molar-refractivity contribution in [3.63, 3.8) is 0 Å². The maximum Gasteiger partial charge on any atom is 0.225 e. The molecule has 0 fully saturated rings. The van der Waals surface area contributed by atoms with Gasteiger partial charge in [-0.1, -0.05) is 18.2 Å². The lowest BCUT2D eigenvalue weighted by molar-refractivity contribution is -0.115. The smallest absolute Gasteiger partial charge is 0.225 e. The normalized spacial score (nSPS) is 11.3. The Bertz CT molecular complexity index is 710. The Kier molecular flexibility index (Phi) is 5.11. The number of rotatable bonds is 6. The van der Waals surface area contributed by atoms with Crippen LogP contribution < -0.4 is 11.1 Å². The molecule has 0 aliphatic heterocycles. The highest BCUT2D eigenvalue weighted by Crippen LogP contribution is 2.18. The van der Waals surface area contributed by atoms with Crippen molar-refractivity contribution in [1.29, 1.82) is 0 Å². The fourth-order valence-electron chi connectivity index (χ4n) is 1.77. The van der Waals surface area contributed by atoms with Crippen LogP contribution in [0.2, 0.25) is 0 Å². The van der Waals surface area contributed by atoms with E-state index in [9.17, 15) is 13.2 Å². The average molecular weight is 324 g/mol. The molecule has 1 aromatic carbocycles. The topological polar surface area (TPSA) is 89.3 Å². The fraction of sp³-hybridized carbons (Fsp3) is 0.214. The molecule has 2 aromatic rings. The maximum atomic E-state index is 12.0. The lowest BCUT2D eigenvalue weighted by Gasteiger charge is -2.06. The summed E-state index contributed by atoms with van der Waals surface area (Å²) in [5.41, 5.74) is 7.05.